The Hall–Kier alpha value is -2.27. The number of hydrogen-bond acceptors (Lipinski definition) is 3. The summed E-state index contributed by atoms with van der Waals surface area (Å²) in [5, 5.41) is 2.80. The van der Waals surface area contributed by atoms with Crippen molar-refractivity contribution in [1.82, 2.24) is 9.88 Å². The molecule has 0 radical (unpaired) electrons. The molecule has 1 fully saturated rings. The standard InChI is InChI=1S/C19H22FN3O/c1-14-6-9-21-18(12-14)15-7-10-23(13-15)11-8-19(24)22-17-4-2-16(20)3-5-17/h2-6,9,12,15H,7-8,10-11,13H2,1H3,(H,22,24). The summed E-state index contributed by atoms with van der Waals surface area (Å²) in [4.78, 5) is 18.8. The van der Waals surface area contributed by atoms with Gasteiger partial charge in [-0.25, -0.2) is 4.39 Å². The molecule has 0 bridgehead atoms. The Balaban J connectivity index is 1.45. The molecular formula is C19H22FN3O. The third-order valence-electron chi connectivity index (χ3n) is 4.41. The van der Waals surface area contributed by atoms with E-state index in [-0.39, 0.29) is 11.7 Å². The van der Waals surface area contributed by atoms with Crippen LogP contribution in [0.15, 0.2) is 42.6 Å². The molecule has 0 spiro atoms. The molecule has 1 aliphatic rings. The first kappa shape index (κ1) is 16.6. The normalized spacial score (nSPS) is 17.8. The van der Waals surface area contributed by atoms with Crippen LogP contribution in [-0.2, 0) is 4.79 Å². The van der Waals surface area contributed by atoms with Crippen molar-refractivity contribution in [3.05, 3.63) is 59.7 Å². The van der Waals surface area contributed by atoms with Crippen LogP contribution in [0.5, 0.6) is 0 Å². The van der Waals surface area contributed by atoms with Gasteiger partial charge in [-0.1, -0.05) is 0 Å². The van der Waals surface area contributed by atoms with E-state index in [1.54, 1.807) is 12.1 Å². The van der Waals surface area contributed by atoms with E-state index in [1.165, 1.54) is 17.7 Å². The SMILES string of the molecule is Cc1ccnc(C2CCN(CCC(=O)Nc3ccc(F)cc3)C2)c1. The number of aryl methyl sites for hydroxylation is 1. The van der Waals surface area contributed by atoms with E-state index < -0.39 is 0 Å². The fourth-order valence-electron chi connectivity index (χ4n) is 3.08. The molecule has 1 unspecified atom stereocenters. The van der Waals surface area contributed by atoms with Crippen LogP contribution in [-0.4, -0.2) is 35.4 Å². The number of benzene rings is 1. The van der Waals surface area contributed by atoms with Gasteiger partial charge in [0.1, 0.15) is 5.82 Å². The Bertz CT molecular complexity index is 702. The third-order valence-corrected chi connectivity index (χ3v) is 4.41. The highest BCUT2D eigenvalue weighted by atomic mass is 19.1. The van der Waals surface area contributed by atoms with Gasteiger partial charge in [0.2, 0.25) is 5.91 Å². The summed E-state index contributed by atoms with van der Waals surface area (Å²) < 4.78 is 12.9. The smallest absolute Gasteiger partial charge is 0.225 e. The molecule has 4 nitrogen and oxygen atoms in total. The van der Waals surface area contributed by atoms with E-state index in [2.05, 4.69) is 28.2 Å². The Morgan fingerprint density at radius 2 is 2.12 bits per heavy atom. The summed E-state index contributed by atoms with van der Waals surface area (Å²) in [5.41, 5.74) is 3.01. The first-order valence-corrected chi connectivity index (χ1v) is 8.30. The summed E-state index contributed by atoms with van der Waals surface area (Å²) in [5.74, 6) is 0.102. The first-order valence-electron chi connectivity index (χ1n) is 8.30. The molecular weight excluding hydrogens is 305 g/mol. The molecule has 1 N–H and O–H groups in total. The van der Waals surface area contributed by atoms with E-state index >= 15 is 0 Å². The molecule has 1 atom stereocenters. The molecule has 126 valence electrons. The molecule has 2 heterocycles. The van der Waals surface area contributed by atoms with Crippen LogP contribution in [0.3, 0.4) is 0 Å². The van der Waals surface area contributed by atoms with E-state index in [9.17, 15) is 9.18 Å². The zero-order valence-electron chi connectivity index (χ0n) is 13.8. The molecule has 0 saturated carbocycles. The van der Waals surface area contributed by atoms with Crippen LogP contribution in [0.25, 0.3) is 0 Å². The second-order valence-corrected chi connectivity index (χ2v) is 6.35. The zero-order chi connectivity index (χ0) is 16.9. The zero-order valence-corrected chi connectivity index (χ0v) is 13.8. The summed E-state index contributed by atoms with van der Waals surface area (Å²) >= 11 is 0. The molecule has 0 aliphatic carbocycles. The Labute approximate surface area is 141 Å². The van der Waals surface area contributed by atoms with Crippen LogP contribution >= 0.6 is 0 Å². The van der Waals surface area contributed by atoms with Crippen LogP contribution in [0.4, 0.5) is 10.1 Å². The number of carbonyl (C=O) groups excluding carboxylic acids is 1. The highest BCUT2D eigenvalue weighted by Crippen LogP contribution is 2.26. The lowest BCUT2D eigenvalue weighted by Gasteiger charge is -2.16. The lowest BCUT2D eigenvalue weighted by molar-refractivity contribution is -0.116. The minimum atomic E-state index is -0.305. The van der Waals surface area contributed by atoms with Crippen molar-refractivity contribution >= 4 is 11.6 Å². The molecule has 1 saturated heterocycles. The maximum Gasteiger partial charge on any atom is 0.225 e. The predicted molar refractivity (Wildman–Crippen MR) is 92.4 cm³/mol. The molecule has 1 aromatic carbocycles. The Morgan fingerprint density at radius 3 is 2.88 bits per heavy atom. The minimum absolute atomic E-state index is 0.0428. The number of halogens is 1. The second kappa shape index (κ2) is 7.53. The monoisotopic (exact) mass is 327 g/mol. The number of anilines is 1. The van der Waals surface area contributed by atoms with Crippen molar-refractivity contribution in [3.8, 4) is 0 Å². The average Bonchev–Trinajstić information content (AvgIpc) is 3.04. The number of nitrogens with zero attached hydrogens (tertiary/aromatic N) is 2. The van der Waals surface area contributed by atoms with Gasteiger partial charge in [-0.3, -0.25) is 9.78 Å². The second-order valence-electron chi connectivity index (χ2n) is 6.35. The van der Waals surface area contributed by atoms with Crippen LogP contribution in [0.2, 0.25) is 0 Å². The molecule has 3 rings (SSSR count). The number of rotatable bonds is 5. The number of carbonyl (C=O) groups is 1. The van der Waals surface area contributed by atoms with Gasteiger partial charge < -0.3 is 10.2 Å². The van der Waals surface area contributed by atoms with Gasteiger partial charge in [0, 0.05) is 43.0 Å². The van der Waals surface area contributed by atoms with Crippen molar-refractivity contribution in [2.45, 2.75) is 25.7 Å². The third kappa shape index (κ3) is 4.38. The van der Waals surface area contributed by atoms with Crippen molar-refractivity contribution < 1.29 is 9.18 Å². The maximum atomic E-state index is 12.9. The highest BCUT2D eigenvalue weighted by Gasteiger charge is 2.25. The fraction of sp³-hybridized carbons (Fsp3) is 0.368. The topological polar surface area (TPSA) is 45.2 Å². The minimum Gasteiger partial charge on any atom is -0.326 e. The van der Waals surface area contributed by atoms with Crippen LogP contribution in [0.1, 0.15) is 30.0 Å². The van der Waals surface area contributed by atoms with E-state index in [1.807, 2.05) is 12.3 Å². The number of pyridine rings is 1. The summed E-state index contributed by atoms with van der Waals surface area (Å²) in [6.45, 7) is 4.75. The van der Waals surface area contributed by atoms with Gasteiger partial charge in [0.05, 0.1) is 0 Å². The predicted octanol–water partition coefficient (Wildman–Crippen LogP) is 3.35. The molecule has 2 aromatic rings. The number of aromatic nitrogens is 1. The Morgan fingerprint density at radius 1 is 1.33 bits per heavy atom. The lowest BCUT2D eigenvalue weighted by atomic mass is 10.0. The molecule has 1 aliphatic heterocycles. The van der Waals surface area contributed by atoms with Gasteiger partial charge in [-0.15, -0.1) is 0 Å². The van der Waals surface area contributed by atoms with Gasteiger partial charge in [-0.05, 0) is 61.9 Å². The fourth-order valence-corrected chi connectivity index (χ4v) is 3.08. The summed E-state index contributed by atoms with van der Waals surface area (Å²) in [6.07, 6.45) is 3.38. The molecule has 1 amide bonds. The van der Waals surface area contributed by atoms with Crippen molar-refractivity contribution in [1.29, 1.82) is 0 Å². The quantitative estimate of drug-likeness (QED) is 0.916. The number of likely N-dealkylation sites (tertiary alicyclic amines) is 1. The van der Waals surface area contributed by atoms with Gasteiger partial charge in [-0.2, -0.15) is 0 Å². The first-order chi connectivity index (χ1) is 11.6. The molecule has 24 heavy (non-hydrogen) atoms. The van der Waals surface area contributed by atoms with Crippen molar-refractivity contribution in [3.63, 3.8) is 0 Å². The summed E-state index contributed by atoms with van der Waals surface area (Å²) in [6, 6.07) is 9.99. The number of nitrogens with one attached hydrogen (secondary N) is 1. The molecule has 5 heteroatoms. The van der Waals surface area contributed by atoms with Gasteiger partial charge in [0.15, 0.2) is 0 Å². The maximum absolute atomic E-state index is 12.9. The average molecular weight is 327 g/mol. The number of hydrogen-bond donors (Lipinski definition) is 1. The van der Waals surface area contributed by atoms with Crippen molar-refractivity contribution in [2.24, 2.45) is 0 Å². The largest absolute Gasteiger partial charge is 0.326 e. The van der Waals surface area contributed by atoms with Crippen LogP contribution in [0, 0.1) is 12.7 Å². The van der Waals surface area contributed by atoms with Gasteiger partial charge >= 0.3 is 0 Å². The Kier molecular flexibility index (Phi) is 5.20. The lowest BCUT2D eigenvalue weighted by Crippen LogP contribution is -2.25. The van der Waals surface area contributed by atoms with E-state index in [0.717, 1.165) is 31.7 Å². The summed E-state index contributed by atoms with van der Waals surface area (Å²) in [7, 11) is 0. The number of amides is 1. The van der Waals surface area contributed by atoms with E-state index in [0.29, 0.717) is 18.0 Å². The van der Waals surface area contributed by atoms with Gasteiger partial charge in [0.25, 0.3) is 0 Å². The molecule has 1 aromatic heterocycles. The van der Waals surface area contributed by atoms with Crippen molar-refractivity contribution in [2.75, 3.05) is 25.0 Å². The van der Waals surface area contributed by atoms with E-state index in [4.69, 9.17) is 0 Å². The highest BCUT2D eigenvalue weighted by molar-refractivity contribution is 5.90. The van der Waals surface area contributed by atoms with Crippen LogP contribution < -0.4 is 5.32 Å².